The second-order valence-corrected chi connectivity index (χ2v) is 11.0. The Morgan fingerprint density at radius 2 is 1.95 bits per heavy atom. The van der Waals surface area contributed by atoms with Gasteiger partial charge in [0.2, 0.25) is 5.91 Å². The fraction of sp³-hybridized carbons (Fsp3) is 0.562. The summed E-state index contributed by atoms with van der Waals surface area (Å²) in [5, 5.41) is 10.5. The Labute approximate surface area is 238 Å². The molecule has 1 amide bonds. The maximum absolute atomic E-state index is 13.7. The van der Waals surface area contributed by atoms with Crippen LogP contribution in [0.2, 0.25) is 0 Å². The largest absolute Gasteiger partial charge is 0.496 e. The first-order valence-electron chi connectivity index (χ1n) is 14.8. The number of likely N-dealkylation sites (tertiary alicyclic amines) is 1. The van der Waals surface area contributed by atoms with Crippen LogP contribution < -0.4 is 15.2 Å². The summed E-state index contributed by atoms with van der Waals surface area (Å²) in [6.07, 6.45) is 5.84. The van der Waals surface area contributed by atoms with Crippen LogP contribution in [0, 0.1) is 5.92 Å². The fourth-order valence-electron chi connectivity index (χ4n) is 6.27. The number of benzene rings is 2. The van der Waals surface area contributed by atoms with Crippen LogP contribution in [-0.2, 0) is 22.4 Å². The molecule has 8 nitrogen and oxygen atoms in total. The molecule has 218 valence electrons. The number of hydrogen-bond donors (Lipinski definition) is 2. The smallest absolute Gasteiger partial charge is 0.308 e. The zero-order valence-electron chi connectivity index (χ0n) is 24.0. The van der Waals surface area contributed by atoms with Gasteiger partial charge in [0.1, 0.15) is 11.5 Å². The summed E-state index contributed by atoms with van der Waals surface area (Å²) in [4.78, 5) is 30.6. The first-order chi connectivity index (χ1) is 19.5. The molecular weight excluding hydrogens is 506 g/mol. The molecule has 2 aliphatic rings. The van der Waals surface area contributed by atoms with E-state index in [2.05, 4.69) is 17.9 Å². The summed E-state index contributed by atoms with van der Waals surface area (Å²) in [5.41, 5.74) is 8.90. The number of nitrogens with two attached hydrogens (primary N) is 1. The van der Waals surface area contributed by atoms with Gasteiger partial charge in [0.15, 0.2) is 0 Å². The summed E-state index contributed by atoms with van der Waals surface area (Å²) in [5.74, 6) is 0.116. The van der Waals surface area contributed by atoms with Crippen molar-refractivity contribution in [3.05, 3.63) is 59.2 Å². The minimum Gasteiger partial charge on any atom is -0.496 e. The van der Waals surface area contributed by atoms with E-state index in [1.54, 1.807) is 7.11 Å². The molecule has 40 heavy (non-hydrogen) atoms. The lowest BCUT2D eigenvalue weighted by molar-refractivity contribution is -0.143. The number of fused-ring (bicyclic) bond motifs is 1. The lowest BCUT2D eigenvalue weighted by Crippen LogP contribution is -2.45. The summed E-state index contributed by atoms with van der Waals surface area (Å²) in [6, 6.07) is 13.7. The maximum Gasteiger partial charge on any atom is 0.308 e. The molecule has 0 aromatic heterocycles. The van der Waals surface area contributed by atoms with Gasteiger partial charge in [-0.25, -0.2) is 0 Å². The zero-order valence-corrected chi connectivity index (χ0v) is 24.0. The third kappa shape index (κ3) is 7.15. The van der Waals surface area contributed by atoms with Crippen molar-refractivity contribution in [2.75, 3.05) is 46.4 Å². The fourth-order valence-corrected chi connectivity index (χ4v) is 6.27. The van der Waals surface area contributed by atoms with Crippen molar-refractivity contribution in [3.63, 3.8) is 0 Å². The molecule has 0 radical (unpaired) electrons. The number of aliphatic carboxylic acids is 1. The van der Waals surface area contributed by atoms with Gasteiger partial charge in [-0.3, -0.25) is 14.5 Å². The Morgan fingerprint density at radius 3 is 2.70 bits per heavy atom. The Bertz CT molecular complexity index is 1140. The number of unbranched alkanes of at least 4 members (excludes halogenated alkanes) is 2. The van der Waals surface area contributed by atoms with Gasteiger partial charge in [0, 0.05) is 38.0 Å². The van der Waals surface area contributed by atoms with E-state index < -0.39 is 11.9 Å². The van der Waals surface area contributed by atoms with Crippen LogP contribution in [0.15, 0.2) is 42.5 Å². The highest BCUT2D eigenvalue weighted by molar-refractivity contribution is 5.79. The molecule has 0 spiro atoms. The Morgan fingerprint density at radius 1 is 1.15 bits per heavy atom. The number of rotatable bonds is 15. The van der Waals surface area contributed by atoms with Crippen molar-refractivity contribution >= 4 is 11.9 Å². The number of aryl methyl sites for hydroxylation is 1. The molecule has 2 aliphatic heterocycles. The van der Waals surface area contributed by atoms with E-state index in [0.29, 0.717) is 39.1 Å². The molecule has 0 aliphatic carbocycles. The number of amides is 1. The van der Waals surface area contributed by atoms with Crippen molar-refractivity contribution < 1.29 is 24.2 Å². The van der Waals surface area contributed by atoms with Crippen molar-refractivity contribution in [1.82, 2.24) is 9.80 Å². The van der Waals surface area contributed by atoms with Crippen LogP contribution in [0.5, 0.6) is 11.5 Å². The minimum absolute atomic E-state index is 0.0694. The van der Waals surface area contributed by atoms with Crippen LogP contribution in [0.1, 0.15) is 61.6 Å². The highest BCUT2D eigenvalue weighted by Crippen LogP contribution is 2.41. The zero-order chi connectivity index (χ0) is 28.5. The molecule has 0 saturated carbocycles. The molecule has 1 saturated heterocycles. The molecule has 8 heteroatoms. The second-order valence-electron chi connectivity index (χ2n) is 11.0. The van der Waals surface area contributed by atoms with Gasteiger partial charge >= 0.3 is 5.97 Å². The number of carboxylic acid groups (broad SMARTS) is 1. The molecule has 1 fully saturated rings. The van der Waals surface area contributed by atoms with E-state index in [4.69, 9.17) is 15.2 Å². The number of nitrogens with zero attached hydrogens (tertiary/aromatic N) is 2. The van der Waals surface area contributed by atoms with Gasteiger partial charge in [-0.05, 0) is 67.5 Å². The number of ether oxygens (including phenoxy) is 2. The molecular formula is C32H45N3O5. The van der Waals surface area contributed by atoms with Crippen LogP contribution in [0.25, 0.3) is 0 Å². The van der Waals surface area contributed by atoms with Gasteiger partial charge in [0.25, 0.3) is 0 Å². The highest BCUT2D eigenvalue weighted by atomic mass is 16.5. The van der Waals surface area contributed by atoms with Crippen LogP contribution >= 0.6 is 0 Å². The Kier molecular flexibility index (Phi) is 10.8. The Balaban J connectivity index is 1.60. The highest BCUT2D eigenvalue weighted by Gasteiger charge is 2.47. The molecule has 0 bridgehead atoms. The topological polar surface area (TPSA) is 105 Å². The van der Waals surface area contributed by atoms with E-state index in [9.17, 15) is 14.7 Å². The van der Waals surface area contributed by atoms with Gasteiger partial charge in [-0.1, -0.05) is 43.7 Å². The standard InChI is InChI=1S/C32H45N3O5/c1-3-4-17-34(18-8-7-16-33)30(36)22-35-21-26(24-12-14-29-25(20-24)15-19-40-29)31(32(37)38)27(35)13-11-23-9-5-6-10-28(23)39-2/h5-6,9-10,12,14,20,26-27,31H,3-4,7-8,11,13,15-19,21-22,33H2,1-2H3,(H,37,38)/t26-,27+,31?/m1/s1. The number of hydrogen-bond acceptors (Lipinski definition) is 6. The van der Waals surface area contributed by atoms with Crippen LogP contribution in [-0.4, -0.2) is 79.3 Å². The minimum atomic E-state index is -0.812. The number of carboxylic acids is 1. The quantitative estimate of drug-likeness (QED) is 0.321. The molecule has 4 rings (SSSR count). The summed E-state index contributed by atoms with van der Waals surface area (Å²) >= 11 is 0. The molecule has 3 N–H and O–H groups in total. The summed E-state index contributed by atoms with van der Waals surface area (Å²) in [6.45, 7) is 5.55. The first kappa shape index (κ1) is 29.9. The van der Waals surface area contributed by atoms with Crippen LogP contribution in [0.3, 0.4) is 0 Å². The average Bonchev–Trinajstić information content (AvgIpc) is 3.58. The van der Waals surface area contributed by atoms with Crippen LogP contribution in [0.4, 0.5) is 0 Å². The predicted molar refractivity (Wildman–Crippen MR) is 156 cm³/mol. The van der Waals surface area contributed by atoms with Crippen molar-refractivity contribution in [2.24, 2.45) is 11.7 Å². The third-order valence-electron chi connectivity index (χ3n) is 8.43. The number of carbonyl (C=O) groups excluding carboxylic acids is 1. The SMILES string of the molecule is CCCCN(CCCCN)C(=O)CN1C[C@H](c2ccc3c(c2)CCO3)C(C(=O)O)[C@@H]1CCc1ccccc1OC. The lowest BCUT2D eigenvalue weighted by atomic mass is 9.83. The predicted octanol–water partition coefficient (Wildman–Crippen LogP) is 4.10. The monoisotopic (exact) mass is 551 g/mol. The van der Waals surface area contributed by atoms with Gasteiger partial charge in [-0.2, -0.15) is 0 Å². The summed E-state index contributed by atoms with van der Waals surface area (Å²) < 4.78 is 11.3. The molecule has 1 unspecified atom stereocenters. The van der Waals surface area contributed by atoms with E-state index in [-0.39, 0.29) is 24.4 Å². The number of methoxy groups -OCH3 is 1. The van der Waals surface area contributed by atoms with E-state index in [0.717, 1.165) is 66.8 Å². The van der Waals surface area contributed by atoms with Crippen molar-refractivity contribution in [2.45, 2.75) is 63.8 Å². The number of carbonyl (C=O) groups is 2. The molecule has 2 heterocycles. The summed E-state index contributed by atoms with van der Waals surface area (Å²) in [7, 11) is 1.66. The van der Waals surface area contributed by atoms with Gasteiger partial charge < -0.3 is 25.2 Å². The molecule has 3 atom stereocenters. The van der Waals surface area contributed by atoms with Gasteiger partial charge in [0.05, 0.1) is 26.2 Å². The van der Waals surface area contributed by atoms with Gasteiger partial charge in [-0.15, -0.1) is 0 Å². The Hall–Kier alpha value is -3.10. The van der Waals surface area contributed by atoms with Crippen molar-refractivity contribution in [1.29, 1.82) is 0 Å². The van der Waals surface area contributed by atoms with E-state index in [1.807, 2.05) is 41.3 Å². The van der Waals surface area contributed by atoms with Crippen molar-refractivity contribution in [3.8, 4) is 11.5 Å². The second kappa shape index (κ2) is 14.5. The number of para-hydroxylation sites is 1. The van der Waals surface area contributed by atoms with E-state index >= 15 is 0 Å². The lowest BCUT2D eigenvalue weighted by Gasteiger charge is -2.30. The first-order valence-corrected chi connectivity index (χ1v) is 14.8. The third-order valence-corrected chi connectivity index (χ3v) is 8.43. The average molecular weight is 552 g/mol. The van der Waals surface area contributed by atoms with E-state index in [1.165, 1.54) is 0 Å². The maximum atomic E-state index is 13.7. The molecule has 2 aromatic rings. The molecule has 2 aromatic carbocycles. The normalized spacial score (nSPS) is 20.2.